The van der Waals surface area contributed by atoms with E-state index in [1.165, 1.54) is 11.1 Å². The highest BCUT2D eigenvalue weighted by Gasteiger charge is 2.41. The molecule has 0 saturated carbocycles. The fourth-order valence-corrected chi connectivity index (χ4v) is 4.00. The van der Waals surface area contributed by atoms with Gasteiger partial charge in [-0.15, -0.1) is 0 Å². The van der Waals surface area contributed by atoms with E-state index in [0.717, 1.165) is 6.42 Å². The zero-order chi connectivity index (χ0) is 19.9. The maximum absolute atomic E-state index is 12.9. The van der Waals surface area contributed by atoms with Crippen LogP contribution in [0, 0.1) is 0 Å². The molecule has 0 spiro atoms. The van der Waals surface area contributed by atoms with E-state index in [9.17, 15) is 9.59 Å². The second kappa shape index (κ2) is 7.13. The van der Waals surface area contributed by atoms with Gasteiger partial charge in [-0.25, -0.2) is 0 Å². The van der Waals surface area contributed by atoms with Crippen LogP contribution < -0.4 is 9.64 Å². The molecule has 2 aliphatic heterocycles. The Morgan fingerprint density at radius 2 is 1.93 bits per heavy atom. The van der Waals surface area contributed by atoms with E-state index in [-0.39, 0.29) is 18.2 Å². The van der Waals surface area contributed by atoms with Crippen molar-refractivity contribution >= 4 is 29.1 Å². The molecule has 0 fully saturated rings. The van der Waals surface area contributed by atoms with Crippen molar-refractivity contribution < 1.29 is 14.3 Å². The van der Waals surface area contributed by atoms with Crippen LogP contribution in [0.15, 0.2) is 42.5 Å². The normalized spacial score (nSPS) is 17.6. The number of amides is 2. The zero-order valence-electron chi connectivity index (χ0n) is 16.1. The minimum Gasteiger partial charge on any atom is -0.476 e. The van der Waals surface area contributed by atoms with Crippen molar-refractivity contribution in [2.45, 2.75) is 38.8 Å². The summed E-state index contributed by atoms with van der Waals surface area (Å²) in [5.74, 6) is 0.489. The van der Waals surface area contributed by atoms with E-state index in [1.54, 1.807) is 36.9 Å². The summed E-state index contributed by atoms with van der Waals surface area (Å²) in [7, 11) is 0. The molecule has 0 radical (unpaired) electrons. The number of anilines is 1. The first kappa shape index (κ1) is 18.8. The van der Waals surface area contributed by atoms with Gasteiger partial charge in [-0.1, -0.05) is 35.9 Å². The summed E-state index contributed by atoms with van der Waals surface area (Å²) in [6, 6.07) is 13.4. The molecule has 4 rings (SSSR count). The van der Waals surface area contributed by atoms with Crippen LogP contribution >= 0.6 is 11.6 Å². The van der Waals surface area contributed by atoms with Crippen LogP contribution in [0.5, 0.6) is 5.75 Å². The summed E-state index contributed by atoms with van der Waals surface area (Å²) in [5.41, 5.74) is 2.14. The van der Waals surface area contributed by atoms with Gasteiger partial charge in [-0.3, -0.25) is 9.59 Å². The molecular formula is C22H23ClN2O3. The van der Waals surface area contributed by atoms with Gasteiger partial charge in [0.1, 0.15) is 5.75 Å². The van der Waals surface area contributed by atoms with Gasteiger partial charge in [-0.05, 0) is 49.6 Å². The number of nitrogens with zero attached hydrogens (tertiary/aromatic N) is 2. The maximum atomic E-state index is 12.9. The fraction of sp³-hybridized carbons (Fsp3) is 0.364. The molecule has 5 nitrogen and oxygen atoms in total. The lowest BCUT2D eigenvalue weighted by Crippen LogP contribution is -2.53. The van der Waals surface area contributed by atoms with Crippen LogP contribution in [0.4, 0.5) is 5.69 Å². The molecule has 2 heterocycles. The quantitative estimate of drug-likeness (QED) is 0.789. The van der Waals surface area contributed by atoms with Gasteiger partial charge < -0.3 is 14.5 Å². The third-order valence-corrected chi connectivity index (χ3v) is 5.60. The number of benzene rings is 2. The number of rotatable bonds is 3. The fourth-order valence-electron chi connectivity index (χ4n) is 3.84. The van der Waals surface area contributed by atoms with Crippen molar-refractivity contribution in [3.63, 3.8) is 0 Å². The van der Waals surface area contributed by atoms with Gasteiger partial charge in [-0.2, -0.15) is 0 Å². The topological polar surface area (TPSA) is 49.9 Å². The minimum absolute atomic E-state index is 0.0511. The number of carbonyl (C=O) groups is 2. The lowest BCUT2D eigenvalue weighted by Gasteiger charge is -2.39. The predicted octanol–water partition coefficient (Wildman–Crippen LogP) is 3.82. The third kappa shape index (κ3) is 3.47. The first-order chi connectivity index (χ1) is 13.3. The molecule has 0 bridgehead atoms. The predicted molar refractivity (Wildman–Crippen MR) is 109 cm³/mol. The van der Waals surface area contributed by atoms with Crippen molar-refractivity contribution in [2.75, 3.05) is 18.0 Å². The lowest BCUT2D eigenvalue weighted by molar-refractivity contribution is -0.133. The number of hydrogen-bond acceptors (Lipinski definition) is 3. The average Bonchev–Trinajstić information content (AvgIpc) is 2.68. The van der Waals surface area contributed by atoms with E-state index in [4.69, 9.17) is 16.3 Å². The van der Waals surface area contributed by atoms with E-state index >= 15 is 0 Å². The number of fused-ring (bicyclic) bond motifs is 2. The molecule has 0 aliphatic carbocycles. The Morgan fingerprint density at radius 1 is 1.18 bits per heavy atom. The third-order valence-electron chi connectivity index (χ3n) is 5.37. The molecule has 0 unspecified atom stereocenters. The van der Waals surface area contributed by atoms with E-state index in [2.05, 4.69) is 12.1 Å². The zero-order valence-corrected chi connectivity index (χ0v) is 16.8. The molecule has 146 valence electrons. The lowest BCUT2D eigenvalue weighted by atomic mass is 9.99. The second-order valence-electron chi connectivity index (χ2n) is 7.77. The molecule has 28 heavy (non-hydrogen) atoms. The molecule has 2 amide bonds. The van der Waals surface area contributed by atoms with E-state index in [0.29, 0.717) is 36.1 Å². The summed E-state index contributed by atoms with van der Waals surface area (Å²) in [6.07, 6.45) is 1.12. The monoisotopic (exact) mass is 398 g/mol. The molecule has 2 aromatic rings. The first-order valence-electron chi connectivity index (χ1n) is 9.50. The summed E-state index contributed by atoms with van der Waals surface area (Å²) in [6.45, 7) is 5.11. The first-order valence-corrected chi connectivity index (χ1v) is 9.88. The number of hydrogen-bond donors (Lipinski definition) is 0. The highest BCUT2D eigenvalue weighted by molar-refractivity contribution is 6.31. The van der Waals surface area contributed by atoms with Crippen LogP contribution in [0.1, 0.15) is 31.4 Å². The van der Waals surface area contributed by atoms with Crippen LogP contribution in [-0.4, -0.2) is 35.4 Å². The van der Waals surface area contributed by atoms with Crippen molar-refractivity contribution in [1.82, 2.24) is 4.90 Å². The smallest absolute Gasteiger partial charge is 0.270 e. The molecular weight excluding hydrogens is 376 g/mol. The Balaban J connectivity index is 1.49. The Morgan fingerprint density at radius 3 is 2.71 bits per heavy atom. The Labute approximate surface area is 169 Å². The van der Waals surface area contributed by atoms with E-state index < -0.39 is 5.60 Å². The molecule has 2 aromatic carbocycles. The Hall–Kier alpha value is -2.53. The SMILES string of the molecule is CC1(C)Oc2ccc(Cl)cc2N(CCC(=O)N2CCc3ccccc3C2)C1=O. The summed E-state index contributed by atoms with van der Waals surface area (Å²) < 4.78 is 5.83. The van der Waals surface area contributed by atoms with Crippen molar-refractivity contribution in [3.8, 4) is 5.75 Å². The van der Waals surface area contributed by atoms with E-state index in [1.807, 2.05) is 17.0 Å². The Bertz CT molecular complexity index is 941. The second-order valence-corrected chi connectivity index (χ2v) is 8.20. The number of ether oxygens (including phenoxy) is 1. The van der Waals surface area contributed by atoms with Crippen molar-refractivity contribution in [3.05, 3.63) is 58.6 Å². The summed E-state index contributed by atoms with van der Waals surface area (Å²) in [5, 5.41) is 0.527. The summed E-state index contributed by atoms with van der Waals surface area (Å²) in [4.78, 5) is 29.2. The van der Waals surface area contributed by atoms with Gasteiger partial charge >= 0.3 is 0 Å². The van der Waals surface area contributed by atoms with Crippen LogP contribution in [0.25, 0.3) is 0 Å². The molecule has 0 saturated heterocycles. The van der Waals surface area contributed by atoms with Crippen LogP contribution in [0.3, 0.4) is 0 Å². The van der Waals surface area contributed by atoms with Crippen LogP contribution in [-0.2, 0) is 22.6 Å². The highest BCUT2D eigenvalue weighted by Crippen LogP contribution is 2.39. The number of halogens is 1. The minimum atomic E-state index is -0.978. The molecule has 6 heteroatoms. The average molecular weight is 399 g/mol. The molecule has 0 N–H and O–H groups in total. The van der Waals surface area contributed by atoms with Crippen LogP contribution in [0.2, 0.25) is 5.02 Å². The standard InChI is InChI=1S/C22H23ClN2O3/c1-22(2)21(27)25(18-13-17(23)7-8-19(18)28-22)12-10-20(26)24-11-9-15-5-3-4-6-16(15)14-24/h3-8,13H,9-12,14H2,1-2H3. The number of carbonyl (C=O) groups excluding carboxylic acids is 2. The highest BCUT2D eigenvalue weighted by atomic mass is 35.5. The summed E-state index contributed by atoms with van der Waals surface area (Å²) >= 11 is 6.12. The van der Waals surface area contributed by atoms with Crippen molar-refractivity contribution in [2.24, 2.45) is 0 Å². The van der Waals surface area contributed by atoms with Gasteiger partial charge in [0.15, 0.2) is 5.60 Å². The van der Waals surface area contributed by atoms with Gasteiger partial charge in [0.05, 0.1) is 5.69 Å². The van der Waals surface area contributed by atoms with Gasteiger partial charge in [0.2, 0.25) is 5.91 Å². The molecule has 2 aliphatic rings. The van der Waals surface area contributed by atoms with Gasteiger partial charge in [0, 0.05) is 31.1 Å². The van der Waals surface area contributed by atoms with Gasteiger partial charge in [0.25, 0.3) is 5.91 Å². The maximum Gasteiger partial charge on any atom is 0.270 e. The molecule has 0 aromatic heterocycles. The largest absolute Gasteiger partial charge is 0.476 e. The molecule has 0 atom stereocenters. The van der Waals surface area contributed by atoms with Crippen molar-refractivity contribution in [1.29, 1.82) is 0 Å². The Kier molecular flexibility index (Phi) is 4.79.